The van der Waals surface area contributed by atoms with E-state index in [-0.39, 0.29) is 29.3 Å². The van der Waals surface area contributed by atoms with Gasteiger partial charge < -0.3 is 17.0 Å². The van der Waals surface area contributed by atoms with Crippen molar-refractivity contribution in [3.05, 3.63) is 59.1 Å². The zero-order chi connectivity index (χ0) is 15.7. The average Bonchev–Trinajstić information content (AvgIpc) is 2.80. The van der Waals surface area contributed by atoms with Crippen molar-refractivity contribution in [2.24, 2.45) is 0 Å². The molecule has 0 aliphatic rings. The normalized spacial score (nSPS) is 10.5. The number of hydrogen-bond donors (Lipinski definition) is 1. The predicted molar refractivity (Wildman–Crippen MR) is 88.0 cm³/mol. The van der Waals surface area contributed by atoms with Gasteiger partial charge in [0.25, 0.3) is 0 Å². The Morgan fingerprint density at radius 2 is 1.83 bits per heavy atom. The van der Waals surface area contributed by atoms with Crippen molar-refractivity contribution in [1.29, 1.82) is 0 Å². The molecule has 0 atom stereocenters. The van der Waals surface area contributed by atoms with Crippen molar-refractivity contribution in [2.45, 2.75) is 20.0 Å². The summed E-state index contributed by atoms with van der Waals surface area (Å²) in [6, 6.07) is 14.8. The first kappa shape index (κ1) is 17.5. The Balaban J connectivity index is 0.00000192. The molecule has 3 aromatic rings. The molecule has 6 heteroatoms. The molecule has 0 aliphatic carbocycles. The number of rotatable bonds is 4. The van der Waals surface area contributed by atoms with E-state index < -0.39 is 0 Å². The van der Waals surface area contributed by atoms with Crippen LogP contribution < -0.4 is 27.3 Å². The second kappa shape index (κ2) is 7.15. The van der Waals surface area contributed by atoms with Crippen LogP contribution in [0, 0.1) is 0 Å². The average molecular weight is 395 g/mol. The van der Waals surface area contributed by atoms with Crippen LogP contribution in [0.3, 0.4) is 0 Å². The van der Waals surface area contributed by atoms with Crippen LogP contribution in [0.5, 0.6) is 0 Å². The summed E-state index contributed by atoms with van der Waals surface area (Å²) in [5.41, 5.74) is 8.85. The zero-order valence-corrected chi connectivity index (χ0v) is 15.0. The number of anilines is 1. The molecule has 4 nitrogen and oxygen atoms in total. The molecule has 0 fully saturated rings. The van der Waals surface area contributed by atoms with Crippen molar-refractivity contribution in [1.82, 2.24) is 4.57 Å². The number of ketones is 1. The van der Waals surface area contributed by atoms with E-state index in [0.29, 0.717) is 16.5 Å². The summed E-state index contributed by atoms with van der Waals surface area (Å²) in [5.74, 6) is 0.596. The van der Waals surface area contributed by atoms with E-state index in [1.807, 2.05) is 40.3 Å². The monoisotopic (exact) mass is 393 g/mol. The van der Waals surface area contributed by atoms with E-state index >= 15 is 0 Å². The smallest absolute Gasteiger partial charge is 0.356 e. The molecule has 2 aromatic carbocycles. The van der Waals surface area contributed by atoms with E-state index in [9.17, 15) is 4.79 Å². The minimum absolute atomic E-state index is 0. The number of carbonyl (C=O) groups is 1. The van der Waals surface area contributed by atoms with E-state index in [1.165, 1.54) is 0 Å². The van der Waals surface area contributed by atoms with E-state index in [1.54, 1.807) is 24.3 Å². The lowest BCUT2D eigenvalue weighted by Crippen LogP contribution is -3.00. The predicted octanol–water partition coefficient (Wildman–Crippen LogP) is 0.0712. The van der Waals surface area contributed by atoms with Gasteiger partial charge in [-0.05, 0) is 43.3 Å². The lowest BCUT2D eigenvalue weighted by Gasteiger charge is -2.02. The van der Waals surface area contributed by atoms with Gasteiger partial charge in [0.05, 0.1) is 6.54 Å². The number of nitrogen functional groups attached to an aromatic ring is 1. The van der Waals surface area contributed by atoms with Crippen LogP contribution in [0.1, 0.15) is 17.3 Å². The van der Waals surface area contributed by atoms with E-state index in [2.05, 4.69) is 0 Å². The first-order valence-corrected chi connectivity index (χ1v) is 7.55. The van der Waals surface area contributed by atoms with Crippen LogP contribution in [0.4, 0.5) is 5.95 Å². The number of benzene rings is 2. The first-order chi connectivity index (χ1) is 10.6. The fraction of sp³-hybridized carbons (Fsp3) is 0.176. The number of carbonyl (C=O) groups excluding carboxylic acids is 1. The first-order valence-electron chi connectivity index (χ1n) is 7.17. The van der Waals surface area contributed by atoms with Gasteiger partial charge in [-0.3, -0.25) is 10.5 Å². The minimum Gasteiger partial charge on any atom is -1.00 e. The van der Waals surface area contributed by atoms with Crippen LogP contribution in [0.25, 0.3) is 11.0 Å². The Morgan fingerprint density at radius 3 is 2.48 bits per heavy atom. The Labute approximate surface area is 150 Å². The molecule has 0 radical (unpaired) electrons. The third-order valence-corrected chi connectivity index (χ3v) is 4.05. The van der Waals surface area contributed by atoms with Gasteiger partial charge in [-0.15, -0.1) is 0 Å². The Bertz CT molecular complexity index is 843. The summed E-state index contributed by atoms with van der Waals surface area (Å²) in [5, 5.41) is 0.617. The summed E-state index contributed by atoms with van der Waals surface area (Å²) in [6.45, 7) is 3.00. The molecule has 23 heavy (non-hydrogen) atoms. The van der Waals surface area contributed by atoms with Gasteiger partial charge in [0.1, 0.15) is 17.6 Å². The van der Waals surface area contributed by atoms with Gasteiger partial charge in [-0.2, -0.15) is 0 Å². The number of nitrogens with zero attached hydrogens (tertiary/aromatic N) is 2. The van der Waals surface area contributed by atoms with Gasteiger partial charge in [0.15, 0.2) is 5.78 Å². The largest absolute Gasteiger partial charge is 1.00 e. The van der Waals surface area contributed by atoms with Crippen LogP contribution in [-0.4, -0.2) is 10.4 Å². The summed E-state index contributed by atoms with van der Waals surface area (Å²) >= 11 is 5.86. The van der Waals surface area contributed by atoms with Gasteiger partial charge in [0.2, 0.25) is 0 Å². The molecule has 0 amide bonds. The molecule has 0 saturated carbocycles. The van der Waals surface area contributed by atoms with Crippen LogP contribution >= 0.6 is 11.6 Å². The highest BCUT2D eigenvalue weighted by Gasteiger charge is 2.22. The maximum atomic E-state index is 12.5. The highest BCUT2D eigenvalue weighted by atomic mass is 79.9. The summed E-state index contributed by atoms with van der Waals surface area (Å²) in [4.78, 5) is 12.5. The molecule has 0 bridgehead atoms. The molecule has 0 aliphatic heterocycles. The molecule has 1 aromatic heterocycles. The Morgan fingerprint density at radius 1 is 1.17 bits per heavy atom. The molecular weight excluding hydrogens is 378 g/mol. The van der Waals surface area contributed by atoms with Crippen molar-refractivity contribution in [3.63, 3.8) is 0 Å². The number of nitrogens with two attached hydrogens (primary N) is 1. The number of Topliss-reactive ketones (excluding diaryl/α,β-unsaturated/α-hetero) is 1. The van der Waals surface area contributed by atoms with Crippen molar-refractivity contribution < 1.29 is 26.3 Å². The maximum Gasteiger partial charge on any atom is 0.356 e. The molecule has 0 spiro atoms. The number of imidazole rings is 1. The fourth-order valence-electron chi connectivity index (χ4n) is 2.68. The van der Waals surface area contributed by atoms with E-state index in [0.717, 1.165) is 17.6 Å². The Kier molecular flexibility index (Phi) is 5.44. The fourth-order valence-corrected chi connectivity index (χ4v) is 2.81. The highest BCUT2D eigenvalue weighted by Crippen LogP contribution is 2.16. The van der Waals surface area contributed by atoms with Crippen molar-refractivity contribution >= 4 is 34.4 Å². The Hall–Kier alpha value is -1.85. The number of hydrogen-bond acceptors (Lipinski definition) is 2. The topological polar surface area (TPSA) is 51.9 Å². The molecule has 0 unspecified atom stereocenters. The molecule has 3 rings (SSSR count). The number of para-hydroxylation sites is 2. The summed E-state index contributed by atoms with van der Waals surface area (Å²) in [6.07, 6.45) is 0. The standard InChI is InChI=1S/C17H16ClN3O.BrH/c1-2-20-14-5-3-4-6-15(14)21(17(20)19)11-16(22)12-7-9-13(18)10-8-12;/h3-10,19H,2,11H2,1H3;1H. The number of aryl methyl sites for hydroxylation is 1. The molecule has 0 saturated heterocycles. The van der Waals surface area contributed by atoms with E-state index in [4.69, 9.17) is 17.3 Å². The minimum atomic E-state index is 0. The SMILES string of the molecule is CCn1c(N)[n+](CC(=O)c2ccc(Cl)cc2)c2ccccc21.[Br-]. The summed E-state index contributed by atoms with van der Waals surface area (Å²) in [7, 11) is 0. The molecule has 1 heterocycles. The lowest BCUT2D eigenvalue weighted by molar-refractivity contribution is -0.642. The van der Waals surface area contributed by atoms with Gasteiger partial charge in [0, 0.05) is 10.6 Å². The zero-order valence-electron chi connectivity index (χ0n) is 12.7. The van der Waals surface area contributed by atoms with Crippen LogP contribution in [-0.2, 0) is 13.1 Å². The van der Waals surface area contributed by atoms with Crippen molar-refractivity contribution in [3.8, 4) is 0 Å². The van der Waals surface area contributed by atoms with Crippen LogP contribution in [0.2, 0.25) is 5.02 Å². The van der Waals surface area contributed by atoms with Crippen LogP contribution in [0.15, 0.2) is 48.5 Å². The number of fused-ring (bicyclic) bond motifs is 1. The number of aromatic nitrogens is 2. The third-order valence-electron chi connectivity index (χ3n) is 3.80. The quantitative estimate of drug-likeness (QED) is 0.503. The highest BCUT2D eigenvalue weighted by molar-refractivity contribution is 6.30. The summed E-state index contributed by atoms with van der Waals surface area (Å²) < 4.78 is 3.86. The van der Waals surface area contributed by atoms with Gasteiger partial charge >= 0.3 is 5.95 Å². The molecular formula is C17H17BrClN3O. The lowest BCUT2D eigenvalue weighted by atomic mass is 10.1. The van der Waals surface area contributed by atoms with Gasteiger partial charge in [-0.25, -0.2) is 9.13 Å². The number of halogens is 2. The second-order valence-electron chi connectivity index (χ2n) is 5.11. The maximum absolute atomic E-state index is 12.5. The molecule has 2 N–H and O–H groups in total. The molecule has 120 valence electrons. The third kappa shape index (κ3) is 3.26. The van der Waals surface area contributed by atoms with Crippen molar-refractivity contribution in [2.75, 3.05) is 5.73 Å². The second-order valence-corrected chi connectivity index (χ2v) is 5.54. The van der Waals surface area contributed by atoms with Gasteiger partial charge in [-0.1, -0.05) is 23.7 Å².